The summed E-state index contributed by atoms with van der Waals surface area (Å²) in [6.45, 7) is 7.84. The summed E-state index contributed by atoms with van der Waals surface area (Å²) in [6.07, 6.45) is 12.7. The number of pyridine rings is 1. The van der Waals surface area contributed by atoms with Crippen LogP contribution in [0.5, 0.6) is 0 Å². The van der Waals surface area contributed by atoms with Crippen LogP contribution in [0.3, 0.4) is 0 Å². The van der Waals surface area contributed by atoms with Gasteiger partial charge in [0.2, 0.25) is 0 Å². The maximum atomic E-state index is 14.0. The normalized spacial score (nSPS) is 23.8. The van der Waals surface area contributed by atoms with E-state index in [2.05, 4.69) is 37.8 Å². The fraction of sp³-hybridized carbons (Fsp3) is 0.448. The Morgan fingerprint density at radius 2 is 2.18 bits per heavy atom. The van der Waals surface area contributed by atoms with E-state index in [1.165, 1.54) is 12.8 Å². The fourth-order valence-corrected chi connectivity index (χ4v) is 6.36. The molecular weight excluding hydrogens is 494 g/mol. The van der Waals surface area contributed by atoms with Crippen molar-refractivity contribution in [3.8, 4) is 0 Å². The molecule has 1 saturated heterocycles. The van der Waals surface area contributed by atoms with Crippen molar-refractivity contribution in [2.24, 2.45) is 26.2 Å². The minimum Gasteiger partial charge on any atom is -0.351 e. The lowest BCUT2D eigenvalue weighted by molar-refractivity contribution is -0.122. The Balaban J connectivity index is 1.16. The number of nitrogens with zero attached hydrogens (tertiary/aromatic N) is 7. The van der Waals surface area contributed by atoms with Gasteiger partial charge in [-0.2, -0.15) is 15.3 Å². The Morgan fingerprint density at radius 1 is 1.29 bits per heavy atom. The molecule has 0 aromatic carbocycles. The highest BCUT2D eigenvalue weighted by Gasteiger charge is 2.38. The highest BCUT2D eigenvalue weighted by molar-refractivity contribution is 8.14. The molecule has 38 heavy (non-hydrogen) atoms. The van der Waals surface area contributed by atoms with E-state index in [1.54, 1.807) is 11.8 Å². The first-order valence-corrected chi connectivity index (χ1v) is 14.5. The lowest BCUT2D eigenvalue weighted by Crippen LogP contribution is -2.39. The van der Waals surface area contributed by atoms with Gasteiger partial charge in [0.15, 0.2) is 5.78 Å². The summed E-state index contributed by atoms with van der Waals surface area (Å²) in [7, 11) is 0. The molecule has 3 atom stereocenters. The summed E-state index contributed by atoms with van der Waals surface area (Å²) < 4.78 is 1.85. The maximum Gasteiger partial charge on any atom is 0.169 e. The van der Waals surface area contributed by atoms with Crippen molar-refractivity contribution in [2.45, 2.75) is 57.0 Å². The van der Waals surface area contributed by atoms with E-state index in [0.29, 0.717) is 5.92 Å². The SMILES string of the molecule is C=C(CC1C=C(C2CC2)N=N1)c1cccn1/N=C/N1CCCC1C(=O)C(C1=NCCS1)c1ccc(C)nc1. The number of carbonyl (C=O) groups is 1. The topological polar surface area (TPSA) is 87.6 Å². The average Bonchev–Trinajstić information content (AvgIpc) is 3.39. The van der Waals surface area contributed by atoms with Gasteiger partial charge in [0, 0.05) is 49.3 Å². The lowest BCUT2D eigenvalue weighted by Gasteiger charge is -2.25. The molecule has 1 saturated carbocycles. The van der Waals surface area contributed by atoms with Crippen molar-refractivity contribution < 1.29 is 4.79 Å². The maximum absolute atomic E-state index is 14.0. The average molecular weight is 528 g/mol. The van der Waals surface area contributed by atoms with E-state index < -0.39 is 0 Å². The number of thioether (sulfide) groups is 1. The first-order chi connectivity index (χ1) is 18.6. The van der Waals surface area contributed by atoms with Crippen LogP contribution in [0.2, 0.25) is 0 Å². The van der Waals surface area contributed by atoms with E-state index in [9.17, 15) is 4.79 Å². The molecule has 2 fully saturated rings. The number of carbonyl (C=O) groups excluding carboxylic acids is 1. The molecule has 4 aliphatic rings. The number of azo groups is 1. The van der Waals surface area contributed by atoms with E-state index in [1.807, 2.05) is 54.6 Å². The van der Waals surface area contributed by atoms with Gasteiger partial charge < -0.3 is 4.90 Å². The molecule has 6 rings (SSSR count). The zero-order chi connectivity index (χ0) is 26.1. The minimum atomic E-state index is -0.370. The van der Waals surface area contributed by atoms with Crippen LogP contribution in [-0.2, 0) is 4.79 Å². The molecule has 3 aliphatic heterocycles. The van der Waals surface area contributed by atoms with Gasteiger partial charge in [-0.15, -0.1) is 11.8 Å². The minimum absolute atomic E-state index is 0.0515. The standard InChI is InChI=1S/C29H33N7OS/c1-19(15-23-16-24(34-33-23)21-9-10-21)25-5-4-13-36(25)32-18-35-12-3-6-26(35)28(37)27(29-30-11-14-38-29)22-8-7-20(2)31-17-22/h4-5,7-8,13,16-18,21,23,26-27H,1,3,6,9-12,14-15H2,2H3/b32-18+. The molecule has 0 spiro atoms. The molecule has 3 unspecified atom stereocenters. The largest absolute Gasteiger partial charge is 0.351 e. The van der Waals surface area contributed by atoms with Crippen LogP contribution in [0.1, 0.15) is 55.0 Å². The Bertz CT molecular complexity index is 1330. The molecular formula is C29H33N7OS. The Morgan fingerprint density at radius 3 is 2.95 bits per heavy atom. The number of hydrogen-bond acceptors (Lipinski definition) is 7. The van der Waals surface area contributed by atoms with Crippen molar-refractivity contribution in [2.75, 3.05) is 18.8 Å². The van der Waals surface area contributed by atoms with Gasteiger partial charge in [0.05, 0.1) is 34.4 Å². The second kappa shape index (κ2) is 10.8. The molecule has 0 bridgehead atoms. The van der Waals surface area contributed by atoms with Crippen molar-refractivity contribution >= 4 is 34.5 Å². The molecule has 5 heterocycles. The van der Waals surface area contributed by atoms with Gasteiger partial charge in [0.25, 0.3) is 0 Å². The molecule has 9 heteroatoms. The van der Waals surface area contributed by atoms with Crippen molar-refractivity contribution in [1.82, 2.24) is 14.6 Å². The van der Waals surface area contributed by atoms with Gasteiger partial charge in [-0.3, -0.25) is 14.8 Å². The Hall–Kier alpha value is -3.33. The second-order valence-electron chi connectivity index (χ2n) is 10.5. The van der Waals surface area contributed by atoms with Gasteiger partial charge in [-0.1, -0.05) is 12.6 Å². The van der Waals surface area contributed by atoms with Gasteiger partial charge in [-0.25, -0.2) is 4.68 Å². The third kappa shape index (κ3) is 5.29. The van der Waals surface area contributed by atoms with Gasteiger partial charge >= 0.3 is 0 Å². The monoisotopic (exact) mass is 527 g/mol. The molecule has 0 amide bonds. The van der Waals surface area contributed by atoms with Crippen LogP contribution in [0.4, 0.5) is 0 Å². The number of rotatable bonds is 10. The van der Waals surface area contributed by atoms with Gasteiger partial charge in [-0.05, 0) is 68.0 Å². The van der Waals surface area contributed by atoms with Crippen LogP contribution in [0, 0.1) is 12.8 Å². The number of ketones is 1. The predicted molar refractivity (Wildman–Crippen MR) is 153 cm³/mol. The van der Waals surface area contributed by atoms with E-state index in [4.69, 9.17) is 5.10 Å². The summed E-state index contributed by atoms with van der Waals surface area (Å²) in [6, 6.07) is 7.81. The highest BCUT2D eigenvalue weighted by Crippen LogP contribution is 2.40. The number of likely N-dealkylation sites (tertiary alicyclic amines) is 1. The third-order valence-corrected chi connectivity index (χ3v) is 8.63. The summed E-state index contributed by atoms with van der Waals surface area (Å²) in [5, 5.41) is 14.5. The second-order valence-corrected chi connectivity index (χ2v) is 11.6. The molecule has 8 nitrogen and oxygen atoms in total. The van der Waals surface area contributed by atoms with Crippen LogP contribution in [-0.4, -0.2) is 62.7 Å². The van der Waals surface area contributed by atoms with Crippen LogP contribution in [0.15, 0.2) is 75.3 Å². The number of Topliss-reactive ketones (excluding diaryl/α,β-unsaturated/α-hetero) is 1. The molecule has 196 valence electrons. The summed E-state index contributed by atoms with van der Waals surface area (Å²) in [4.78, 5) is 25.2. The van der Waals surface area contributed by atoms with Crippen molar-refractivity contribution in [1.29, 1.82) is 0 Å². The number of hydrogen-bond donors (Lipinski definition) is 0. The summed E-state index contributed by atoms with van der Waals surface area (Å²) in [5.41, 5.74) is 4.93. The third-order valence-electron chi connectivity index (χ3n) is 7.58. The first kappa shape index (κ1) is 25.0. The summed E-state index contributed by atoms with van der Waals surface area (Å²) in [5.74, 6) is 1.34. The first-order valence-electron chi connectivity index (χ1n) is 13.5. The fourth-order valence-electron chi connectivity index (χ4n) is 5.36. The zero-order valence-electron chi connectivity index (χ0n) is 21.7. The molecule has 2 aromatic heterocycles. The van der Waals surface area contributed by atoms with Crippen LogP contribution in [0.25, 0.3) is 5.57 Å². The van der Waals surface area contributed by atoms with E-state index in [-0.39, 0.29) is 23.8 Å². The van der Waals surface area contributed by atoms with Crippen molar-refractivity contribution in [3.63, 3.8) is 0 Å². The molecule has 0 radical (unpaired) electrons. The number of aliphatic imine (C=N–C) groups is 1. The number of allylic oxidation sites excluding steroid dienone is 1. The molecule has 1 aliphatic carbocycles. The van der Waals surface area contributed by atoms with E-state index in [0.717, 1.165) is 71.4 Å². The summed E-state index contributed by atoms with van der Waals surface area (Å²) >= 11 is 1.69. The quantitative estimate of drug-likeness (QED) is 0.302. The smallest absolute Gasteiger partial charge is 0.169 e. The lowest BCUT2D eigenvalue weighted by atomic mass is 9.91. The Kier molecular flexibility index (Phi) is 7.10. The Labute approximate surface area is 227 Å². The number of aryl methyl sites for hydroxylation is 1. The van der Waals surface area contributed by atoms with E-state index >= 15 is 0 Å². The van der Waals surface area contributed by atoms with Crippen molar-refractivity contribution in [3.05, 3.63) is 72.0 Å². The highest BCUT2D eigenvalue weighted by atomic mass is 32.2. The molecule has 2 aromatic rings. The number of aromatic nitrogens is 2. The van der Waals surface area contributed by atoms with Gasteiger partial charge in [0.1, 0.15) is 6.34 Å². The molecule has 0 N–H and O–H groups in total. The predicted octanol–water partition coefficient (Wildman–Crippen LogP) is 5.48. The van der Waals surface area contributed by atoms with Crippen LogP contribution < -0.4 is 0 Å². The zero-order valence-corrected chi connectivity index (χ0v) is 22.6. The van der Waals surface area contributed by atoms with Crippen LogP contribution >= 0.6 is 11.8 Å².